The summed E-state index contributed by atoms with van der Waals surface area (Å²) in [4.78, 5) is 17.8. The van der Waals surface area contributed by atoms with Gasteiger partial charge in [-0.2, -0.15) is 0 Å². The van der Waals surface area contributed by atoms with Crippen molar-refractivity contribution in [2.45, 2.75) is 58.4 Å². The number of amides is 1. The predicted molar refractivity (Wildman–Crippen MR) is 145 cm³/mol. The first kappa shape index (κ1) is 25.0. The molecule has 4 rings (SSSR count). The lowest BCUT2D eigenvalue weighted by Gasteiger charge is -2.19. The van der Waals surface area contributed by atoms with Crippen molar-refractivity contribution in [3.63, 3.8) is 0 Å². The molecule has 0 unspecified atom stereocenters. The Balaban J connectivity index is 1.27. The average Bonchev–Trinajstić information content (AvgIpc) is 3.50. The van der Waals surface area contributed by atoms with E-state index in [9.17, 15) is 4.79 Å². The van der Waals surface area contributed by atoms with E-state index in [2.05, 4.69) is 73.1 Å². The number of imidazole rings is 1. The first-order valence-electron chi connectivity index (χ1n) is 12.4. The smallest absolute Gasteiger partial charge is 0.261 e. The molecular weight excluding hydrogens is 454 g/mol. The highest BCUT2D eigenvalue weighted by atomic mass is 32.1. The lowest BCUT2D eigenvalue weighted by atomic mass is 9.87. The van der Waals surface area contributed by atoms with E-state index in [0.717, 1.165) is 54.2 Å². The molecule has 1 N–H and O–H groups in total. The maximum Gasteiger partial charge on any atom is 0.261 e. The monoisotopic (exact) mass is 489 g/mol. The van der Waals surface area contributed by atoms with Gasteiger partial charge in [0.25, 0.3) is 5.91 Å². The molecule has 6 heteroatoms. The fourth-order valence-corrected chi connectivity index (χ4v) is 4.76. The van der Waals surface area contributed by atoms with Gasteiger partial charge in [-0.1, -0.05) is 51.1 Å². The van der Waals surface area contributed by atoms with E-state index >= 15 is 0 Å². The third kappa shape index (κ3) is 6.73. The van der Waals surface area contributed by atoms with Crippen LogP contribution in [-0.2, 0) is 18.4 Å². The van der Waals surface area contributed by atoms with E-state index in [4.69, 9.17) is 9.72 Å². The summed E-state index contributed by atoms with van der Waals surface area (Å²) in [5.41, 5.74) is 3.67. The number of aromatic nitrogens is 2. The van der Waals surface area contributed by atoms with Crippen molar-refractivity contribution < 1.29 is 9.53 Å². The fourth-order valence-electron chi connectivity index (χ4n) is 4.12. The third-order valence-corrected chi connectivity index (χ3v) is 6.98. The molecular formula is C29H35N3O2S. The molecule has 0 aliphatic carbocycles. The number of nitrogens with one attached hydrogen (secondary N) is 1. The topological polar surface area (TPSA) is 56.1 Å². The van der Waals surface area contributed by atoms with E-state index in [1.807, 2.05) is 23.6 Å². The standard InChI is InChI=1S/C29H35N3O2S/c1-29(2,3)22-14-16-23(17-15-22)34-20-7-6-19-32-25-11-5-4-10-24(25)31-27(32)13-8-18-30-28(33)26-12-9-21-35-26/h4-5,9-12,14-17,21H,6-8,13,18-20H2,1-3H3,(H,30,33). The summed E-state index contributed by atoms with van der Waals surface area (Å²) in [6, 6.07) is 20.5. The highest BCUT2D eigenvalue weighted by Gasteiger charge is 2.13. The SMILES string of the molecule is CC(C)(C)c1ccc(OCCCCn2c(CCCNC(=O)c3cccs3)nc3ccccc32)cc1. The van der Waals surface area contributed by atoms with Crippen molar-refractivity contribution in [1.29, 1.82) is 0 Å². The predicted octanol–water partition coefficient (Wildman–Crippen LogP) is 6.62. The van der Waals surface area contributed by atoms with Crippen molar-refractivity contribution in [3.8, 4) is 5.75 Å². The van der Waals surface area contributed by atoms with Gasteiger partial charge in [-0.25, -0.2) is 4.98 Å². The molecule has 0 spiro atoms. The second-order valence-electron chi connectivity index (χ2n) is 9.84. The Morgan fingerprint density at radius 3 is 2.54 bits per heavy atom. The Labute approximate surface area is 212 Å². The Morgan fingerprint density at radius 2 is 1.80 bits per heavy atom. The fraction of sp³-hybridized carbons (Fsp3) is 0.379. The van der Waals surface area contributed by atoms with Crippen LogP contribution in [0.1, 0.15) is 61.1 Å². The van der Waals surface area contributed by atoms with Crippen LogP contribution in [0.4, 0.5) is 0 Å². The summed E-state index contributed by atoms with van der Waals surface area (Å²) in [5.74, 6) is 2.01. The molecule has 4 aromatic rings. The van der Waals surface area contributed by atoms with Crippen LogP contribution in [0.3, 0.4) is 0 Å². The first-order valence-corrected chi connectivity index (χ1v) is 13.3. The van der Waals surface area contributed by atoms with Crippen LogP contribution in [0.5, 0.6) is 5.75 Å². The van der Waals surface area contributed by atoms with Crippen LogP contribution in [0, 0.1) is 0 Å². The number of aryl methyl sites for hydroxylation is 2. The zero-order valence-electron chi connectivity index (χ0n) is 20.9. The lowest BCUT2D eigenvalue weighted by molar-refractivity contribution is 0.0957. The molecule has 5 nitrogen and oxygen atoms in total. The van der Waals surface area contributed by atoms with Gasteiger partial charge in [-0.15, -0.1) is 11.3 Å². The van der Waals surface area contributed by atoms with Gasteiger partial charge in [0.2, 0.25) is 0 Å². The van der Waals surface area contributed by atoms with Crippen molar-refractivity contribution in [3.05, 3.63) is 82.3 Å². The van der Waals surface area contributed by atoms with Crippen molar-refractivity contribution in [1.82, 2.24) is 14.9 Å². The molecule has 0 atom stereocenters. The highest BCUT2D eigenvalue weighted by molar-refractivity contribution is 7.12. The number of hydrogen-bond acceptors (Lipinski definition) is 4. The van der Waals surface area contributed by atoms with E-state index in [1.165, 1.54) is 22.4 Å². The third-order valence-electron chi connectivity index (χ3n) is 6.11. The highest BCUT2D eigenvalue weighted by Crippen LogP contribution is 2.24. The van der Waals surface area contributed by atoms with Gasteiger partial charge in [0.15, 0.2) is 0 Å². The second-order valence-corrected chi connectivity index (χ2v) is 10.8. The number of para-hydroxylation sites is 2. The maximum atomic E-state index is 12.2. The number of rotatable bonds is 11. The van der Waals surface area contributed by atoms with Crippen molar-refractivity contribution in [2.75, 3.05) is 13.2 Å². The summed E-state index contributed by atoms with van der Waals surface area (Å²) >= 11 is 1.47. The zero-order chi connectivity index (χ0) is 24.7. The van der Waals surface area contributed by atoms with E-state index in [-0.39, 0.29) is 11.3 Å². The summed E-state index contributed by atoms with van der Waals surface area (Å²) in [6.45, 7) is 8.91. The van der Waals surface area contributed by atoms with E-state index in [1.54, 1.807) is 0 Å². The molecule has 35 heavy (non-hydrogen) atoms. The summed E-state index contributed by atoms with van der Waals surface area (Å²) < 4.78 is 8.31. The summed E-state index contributed by atoms with van der Waals surface area (Å²) in [7, 11) is 0. The number of carbonyl (C=O) groups is 1. The largest absolute Gasteiger partial charge is 0.494 e. The Morgan fingerprint density at radius 1 is 1.00 bits per heavy atom. The number of hydrogen-bond donors (Lipinski definition) is 1. The average molecular weight is 490 g/mol. The van der Waals surface area contributed by atoms with Gasteiger partial charge < -0.3 is 14.6 Å². The molecule has 0 bridgehead atoms. The molecule has 0 fully saturated rings. The molecule has 184 valence electrons. The molecule has 0 aliphatic heterocycles. The van der Waals surface area contributed by atoms with E-state index in [0.29, 0.717) is 13.2 Å². The number of benzene rings is 2. The minimum Gasteiger partial charge on any atom is -0.494 e. The number of unbranched alkanes of at least 4 members (excludes halogenated alkanes) is 1. The number of ether oxygens (including phenoxy) is 1. The van der Waals surface area contributed by atoms with Crippen molar-refractivity contribution in [2.24, 2.45) is 0 Å². The van der Waals surface area contributed by atoms with Crippen LogP contribution in [0.15, 0.2) is 66.0 Å². The maximum absolute atomic E-state index is 12.2. The van der Waals surface area contributed by atoms with Crippen LogP contribution in [0.2, 0.25) is 0 Å². The van der Waals surface area contributed by atoms with Crippen LogP contribution < -0.4 is 10.1 Å². The van der Waals surface area contributed by atoms with Crippen LogP contribution >= 0.6 is 11.3 Å². The van der Waals surface area contributed by atoms with E-state index < -0.39 is 0 Å². The van der Waals surface area contributed by atoms with Gasteiger partial charge in [0.1, 0.15) is 11.6 Å². The molecule has 0 saturated heterocycles. The van der Waals surface area contributed by atoms with Gasteiger partial charge >= 0.3 is 0 Å². The van der Waals surface area contributed by atoms with Crippen molar-refractivity contribution >= 4 is 28.3 Å². The minimum atomic E-state index is 0.00143. The van der Waals surface area contributed by atoms with Gasteiger partial charge in [0.05, 0.1) is 22.5 Å². The molecule has 2 aromatic heterocycles. The zero-order valence-corrected chi connectivity index (χ0v) is 21.7. The molecule has 0 saturated carbocycles. The molecule has 0 aliphatic rings. The Kier molecular flexibility index (Phi) is 8.24. The van der Waals surface area contributed by atoms with Gasteiger partial charge in [-0.3, -0.25) is 4.79 Å². The molecule has 2 aromatic carbocycles. The molecule has 0 radical (unpaired) electrons. The quantitative estimate of drug-likeness (QED) is 0.241. The number of carbonyl (C=O) groups excluding carboxylic acids is 1. The first-order chi connectivity index (χ1) is 16.9. The Bertz CT molecular complexity index is 1220. The van der Waals surface area contributed by atoms with Gasteiger partial charge in [0, 0.05) is 19.5 Å². The summed E-state index contributed by atoms with van der Waals surface area (Å²) in [5, 5.41) is 4.94. The lowest BCUT2D eigenvalue weighted by Crippen LogP contribution is -2.24. The molecule has 2 heterocycles. The number of fused-ring (bicyclic) bond motifs is 1. The second kappa shape index (κ2) is 11.5. The molecule has 1 amide bonds. The minimum absolute atomic E-state index is 0.00143. The van der Waals surface area contributed by atoms with Crippen LogP contribution in [-0.4, -0.2) is 28.6 Å². The number of nitrogens with zero attached hydrogens (tertiary/aromatic N) is 2. The normalized spacial score (nSPS) is 11.6. The summed E-state index contributed by atoms with van der Waals surface area (Å²) in [6.07, 6.45) is 3.68. The van der Waals surface area contributed by atoms with Crippen LogP contribution in [0.25, 0.3) is 11.0 Å². The number of thiophene rings is 1. The van der Waals surface area contributed by atoms with Gasteiger partial charge in [-0.05, 0) is 66.0 Å². The Hall–Kier alpha value is -3.12.